The molecular weight excluding hydrogens is 1690 g/mol. The third-order valence-electron chi connectivity index (χ3n) is 3.50. The Kier molecular flexibility index (Phi) is 546. The van der Waals surface area contributed by atoms with Gasteiger partial charge >= 0.3 is 0 Å². The second-order valence-electron chi connectivity index (χ2n) is 24.1. The summed E-state index contributed by atoms with van der Waals surface area (Å²) in [6, 6.07) is 11.6. The summed E-state index contributed by atoms with van der Waals surface area (Å²) < 4.78 is 21.3. The molecule has 0 bridgehead atoms. The van der Waals surface area contributed by atoms with Crippen molar-refractivity contribution in [2.24, 2.45) is 59.2 Å². The van der Waals surface area contributed by atoms with E-state index in [1.165, 1.54) is 80.0 Å². The van der Waals surface area contributed by atoms with Gasteiger partial charge in [-0.2, -0.15) is 20.8 Å². The Balaban J connectivity index is -0.0000000284. The van der Waals surface area contributed by atoms with E-state index in [0.717, 1.165) is 59.2 Å². The number of rotatable bonds is 0. The molecule has 0 fully saturated rings. The summed E-state index contributed by atoms with van der Waals surface area (Å²) in [5.41, 5.74) is 6.83. The lowest BCUT2D eigenvalue weighted by molar-refractivity contribution is 0.416. The fourth-order valence-corrected chi connectivity index (χ4v) is 3.14. The van der Waals surface area contributed by atoms with E-state index in [0.29, 0.717) is 0 Å². The lowest BCUT2D eigenvalue weighted by Gasteiger charge is -1.79. The fraction of sp³-hybridized carbons (Fsp3) is 0.741. The number of nitrogens with one attached hydrogen (secondary N) is 2. The molecule has 10 aromatic heterocycles. The maximum Gasteiger partial charge on any atom is 0.213 e. The van der Waals surface area contributed by atoms with Gasteiger partial charge in [0.25, 0.3) is 0 Å². The third kappa shape index (κ3) is 930. The highest BCUT2D eigenvalue weighted by atomic mass is 32.1. The van der Waals surface area contributed by atoms with E-state index in [-0.39, 0.29) is 0 Å². The molecule has 0 aliphatic rings. The van der Waals surface area contributed by atoms with Crippen molar-refractivity contribution in [1.82, 2.24) is 70.0 Å². The van der Waals surface area contributed by atoms with Crippen LogP contribution in [0.3, 0.4) is 0 Å². The van der Waals surface area contributed by atoms with Crippen molar-refractivity contribution in [2.45, 2.75) is 485 Å². The number of furan rings is 1. The molecule has 0 aromatic carbocycles. The Hall–Kier alpha value is -6.36. The lowest BCUT2D eigenvalue weighted by Crippen LogP contribution is -1.66. The molecule has 0 spiro atoms. The molecule has 800 valence electrons. The van der Waals surface area contributed by atoms with Gasteiger partial charge in [0.2, 0.25) is 19.2 Å². The van der Waals surface area contributed by atoms with Gasteiger partial charge in [-0.3, -0.25) is 10.1 Å². The van der Waals surface area contributed by atoms with Crippen LogP contribution in [0, 0.1) is 59.2 Å². The predicted octanol–water partition coefficient (Wildman–Crippen LogP) is 44.0. The quantitative estimate of drug-likeness (QED) is 0.143. The molecule has 0 saturated carbocycles. The lowest BCUT2D eigenvalue weighted by atomic mass is 10.3. The average molecular weight is 1940 g/mol. The number of H-pyrrole nitrogens is 2. The molecule has 0 radical (unpaired) electrons. The van der Waals surface area contributed by atoms with E-state index in [4.69, 9.17) is 0 Å². The summed E-state index contributed by atoms with van der Waals surface area (Å²) in [5, 5.41) is 28.8. The van der Waals surface area contributed by atoms with E-state index in [1.54, 1.807) is 69.6 Å². The maximum atomic E-state index is 4.58. The van der Waals surface area contributed by atoms with Crippen molar-refractivity contribution >= 4 is 45.5 Å². The first-order valence-electron chi connectivity index (χ1n) is 50.5. The number of thiazole rings is 1. The molecule has 0 aliphatic heterocycles. The van der Waals surface area contributed by atoms with Gasteiger partial charge in [0.05, 0.1) is 24.2 Å². The fourth-order valence-electron chi connectivity index (χ4n) is 1.79. The largest absolute Gasteiger partial charge is 0.473 e. The van der Waals surface area contributed by atoms with Gasteiger partial charge in [0, 0.05) is 24.0 Å². The number of thiophene rings is 1. The van der Waals surface area contributed by atoms with Crippen LogP contribution >= 0.6 is 45.5 Å². The number of oxazole rings is 1. The van der Waals surface area contributed by atoms with Gasteiger partial charge < -0.3 is 22.8 Å². The standard InChI is InChI=1S/C4H5N.C4H4O.C4H4S.10C4H10.C3H3NO.C3H3NS.C2H3N3.2C2H2N2O.2C2H2N2S.20C2H6/c3*1-2-4-5-3-1;10*1-4(2)3;2*1-2-5-3-4-1;1-3-2-5-4-1;1-3-4-2-5-1;1-3-2-5-4-1;1-3-4-2-5-1;1-3-2-5-4-1;20*1-2/h1-5H;2*1-4H;10*4H,1-3H3;2*1-3H;1-2H,(H,3,4,5);4*1-2H;20*1-2H3. The number of nitrogens with zero attached hydrogens (tertiary/aromatic N) is 12. The highest BCUT2D eigenvalue weighted by Crippen LogP contribution is 1.92. The molecule has 0 amide bonds. The number of hydrogen-bond donors (Lipinski definition) is 2. The van der Waals surface area contributed by atoms with Gasteiger partial charge in [-0.05, 0) is 106 Å². The predicted molar refractivity (Wildman–Crippen MR) is 619 cm³/mol. The SMILES string of the molecule is CC.CC.CC.CC.CC.CC.CC.CC.CC.CC.CC.CC.CC.CC.CC.CC.CC.CC.CC.CC.CC(C)C.CC(C)C.CC(C)C.CC(C)C.CC(C)C.CC(C)C.CC(C)C.CC(C)C.CC(C)C.CC(C)C.c1cc[nH]c1.c1ccoc1.c1ccsc1.c1cocn1.c1cscn1.c1nc[nH]n1.c1ncon1.c1ncsn1.c1nnco1.c1nncs1. The van der Waals surface area contributed by atoms with Crippen molar-refractivity contribution in [3.63, 3.8) is 0 Å². The van der Waals surface area contributed by atoms with Crippen LogP contribution in [0.2, 0.25) is 0 Å². The molecule has 0 atom stereocenters. The molecular formula is C108H250N14O4S4. The van der Waals surface area contributed by atoms with Crippen molar-refractivity contribution in [3.8, 4) is 0 Å². The van der Waals surface area contributed by atoms with E-state index in [2.05, 4.69) is 296 Å². The molecule has 0 unspecified atom stereocenters. The Labute approximate surface area is 840 Å². The monoisotopic (exact) mass is 1940 g/mol. The van der Waals surface area contributed by atoms with Crippen molar-refractivity contribution in [3.05, 3.63) is 169 Å². The normalized spacial score (nSPS) is 6.77. The summed E-state index contributed by atoms with van der Waals surface area (Å²) in [6.45, 7) is 145. The number of aromatic nitrogens is 14. The second kappa shape index (κ2) is 335. The van der Waals surface area contributed by atoms with E-state index in [9.17, 15) is 0 Å². The summed E-state index contributed by atoms with van der Waals surface area (Å²) >= 11 is 6.16. The van der Waals surface area contributed by atoms with Gasteiger partial charge in [-0.15, -0.1) is 43.1 Å². The van der Waals surface area contributed by atoms with Gasteiger partial charge in [0.1, 0.15) is 41.8 Å². The summed E-state index contributed by atoms with van der Waals surface area (Å²) in [5.74, 6) is 8.33. The summed E-state index contributed by atoms with van der Waals surface area (Å²) in [6.07, 6.45) is 22.8. The Morgan fingerprint density at radius 2 is 0.538 bits per heavy atom. The first kappa shape index (κ1) is 212. The highest BCUT2D eigenvalue weighted by molar-refractivity contribution is 7.08. The molecule has 0 aliphatic carbocycles. The van der Waals surface area contributed by atoms with Gasteiger partial charge in [-0.1, -0.05) is 502 Å². The van der Waals surface area contributed by atoms with Crippen LogP contribution in [0.15, 0.2) is 187 Å². The zero-order chi connectivity index (χ0) is 111. The van der Waals surface area contributed by atoms with E-state index in [1.807, 2.05) is 342 Å². The zero-order valence-electron chi connectivity index (χ0n) is 102. The Morgan fingerprint density at radius 1 is 0.231 bits per heavy atom. The van der Waals surface area contributed by atoms with Crippen LogP contribution in [-0.2, 0) is 0 Å². The third-order valence-corrected chi connectivity index (χ3v) is 5.52. The molecule has 10 rings (SSSR count). The average Bonchev–Trinajstić information content (AvgIpc) is 2.10. The minimum Gasteiger partial charge on any atom is -0.473 e. The Bertz CT molecular complexity index is 1490. The van der Waals surface area contributed by atoms with Crippen LogP contribution in [0.25, 0.3) is 0 Å². The van der Waals surface area contributed by atoms with Crippen LogP contribution in [0.5, 0.6) is 0 Å². The van der Waals surface area contributed by atoms with Crippen LogP contribution < -0.4 is 0 Å². The van der Waals surface area contributed by atoms with E-state index >= 15 is 0 Å². The van der Waals surface area contributed by atoms with Crippen LogP contribution in [0.1, 0.15) is 485 Å². The van der Waals surface area contributed by atoms with Crippen LogP contribution in [0.4, 0.5) is 0 Å². The van der Waals surface area contributed by atoms with Crippen LogP contribution in [-0.4, -0.2) is 70.0 Å². The first-order chi connectivity index (χ1) is 62.3. The first-order valence-corrected chi connectivity index (χ1v) is 54.2. The second-order valence-corrected chi connectivity index (χ2v) is 27.0. The maximum absolute atomic E-state index is 4.58. The number of aromatic amines is 2. The number of hydrogen-bond acceptors (Lipinski definition) is 20. The molecule has 10 heterocycles. The minimum absolute atomic E-state index is 0.833. The minimum atomic E-state index is 0.833. The van der Waals surface area contributed by atoms with Crippen molar-refractivity contribution < 1.29 is 17.8 Å². The van der Waals surface area contributed by atoms with Crippen molar-refractivity contribution in [2.75, 3.05) is 0 Å². The smallest absolute Gasteiger partial charge is 0.213 e. The highest BCUT2D eigenvalue weighted by Gasteiger charge is 1.73. The molecule has 130 heavy (non-hydrogen) atoms. The zero-order valence-corrected chi connectivity index (χ0v) is 105. The van der Waals surface area contributed by atoms with Gasteiger partial charge in [0.15, 0.2) is 12.7 Å². The molecule has 2 N–H and O–H groups in total. The summed E-state index contributed by atoms with van der Waals surface area (Å²) in [4.78, 5) is 20.8. The topological polar surface area (TPSA) is 239 Å². The molecule has 22 heteroatoms. The van der Waals surface area contributed by atoms with Crippen molar-refractivity contribution in [1.29, 1.82) is 0 Å². The molecule has 18 nitrogen and oxygen atoms in total. The summed E-state index contributed by atoms with van der Waals surface area (Å²) in [7, 11) is 0. The van der Waals surface area contributed by atoms with E-state index < -0.39 is 0 Å². The molecule has 0 saturated heterocycles. The Morgan fingerprint density at radius 3 is 0.615 bits per heavy atom. The van der Waals surface area contributed by atoms with Gasteiger partial charge in [-0.25, -0.2) is 19.9 Å². The molecule has 10 aromatic rings.